The molecule has 0 unspecified atom stereocenters. The number of aliphatic hydroxyl groups is 2. The highest BCUT2D eigenvalue weighted by Crippen LogP contribution is 2.23. The Morgan fingerprint density at radius 2 is 0.967 bits per heavy atom. The second-order valence-corrected chi connectivity index (χ2v) is 8.92. The summed E-state index contributed by atoms with van der Waals surface area (Å²) in [7, 11) is 0. The molecule has 0 aromatic carbocycles. The fraction of sp³-hybridized carbons (Fsp3) is 0.885. The monoisotopic (exact) mass is 428 g/mol. The number of aliphatic carboxylic acids is 1. The number of carbonyl (C=O) groups is 1. The van der Waals surface area contributed by atoms with Crippen molar-refractivity contribution < 1.29 is 20.1 Å². The first-order valence-electron chi connectivity index (χ1n) is 12.5. The van der Waals surface area contributed by atoms with Gasteiger partial charge in [0.2, 0.25) is 0 Å². The molecule has 0 aromatic heterocycles. The van der Waals surface area contributed by atoms with Crippen LogP contribution in [0, 0.1) is 0 Å². The summed E-state index contributed by atoms with van der Waals surface area (Å²) >= 11 is 0. The number of hydrogen-bond acceptors (Lipinski definition) is 3. The molecule has 0 saturated heterocycles. The summed E-state index contributed by atoms with van der Waals surface area (Å²) in [5.74, 6) is -0.935. The summed E-state index contributed by atoms with van der Waals surface area (Å²) in [6.07, 6.45) is 22.1. The highest BCUT2D eigenvalue weighted by Gasteiger charge is 2.24. The molecule has 4 heteroatoms. The van der Waals surface area contributed by atoms with Gasteiger partial charge in [-0.05, 0) is 19.8 Å². The van der Waals surface area contributed by atoms with E-state index in [1.807, 2.05) is 0 Å². The summed E-state index contributed by atoms with van der Waals surface area (Å²) in [4.78, 5) is 9.60. The molecule has 30 heavy (non-hydrogen) atoms. The summed E-state index contributed by atoms with van der Waals surface area (Å²) in [5, 5.41) is 27.9. The molecule has 4 nitrogen and oxygen atoms in total. The largest absolute Gasteiger partial charge is 0.478 e. The van der Waals surface area contributed by atoms with Gasteiger partial charge in [0.25, 0.3) is 0 Å². The quantitative estimate of drug-likeness (QED) is 0.139. The molecule has 0 amide bonds. The van der Waals surface area contributed by atoms with Crippen molar-refractivity contribution in [3.63, 3.8) is 0 Å². The van der Waals surface area contributed by atoms with Crippen LogP contribution in [-0.4, -0.2) is 33.5 Å². The predicted molar refractivity (Wildman–Crippen MR) is 129 cm³/mol. The Labute approximate surface area is 187 Å². The standard InChI is InChI=1S/C22H46O2.C4H6O2/c1-3-5-7-9-11-13-15-17-19-22(24,21-23)20-18-16-14-12-10-8-6-4-2;1-3(2)4(5)6/h23-24H,3-21H2,1-2H3;1H2,2H3,(H,5,6). The fourth-order valence-corrected chi connectivity index (χ4v) is 3.46. The first kappa shape index (κ1) is 31.3. The maximum absolute atomic E-state index is 10.5. The third kappa shape index (κ3) is 23.4. The molecule has 0 bridgehead atoms. The van der Waals surface area contributed by atoms with E-state index in [9.17, 15) is 15.0 Å². The van der Waals surface area contributed by atoms with Crippen LogP contribution in [0.1, 0.15) is 136 Å². The van der Waals surface area contributed by atoms with E-state index >= 15 is 0 Å². The second kappa shape index (κ2) is 22.8. The average Bonchev–Trinajstić information content (AvgIpc) is 2.72. The summed E-state index contributed by atoms with van der Waals surface area (Å²) in [6, 6.07) is 0. The smallest absolute Gasteiger partial charge is 0.330 e. The minimum absolute atomic E-state index is 0.0694. The lowest BCUT2D eigenvalue weighted by molar-refractivity contribution is -0.132. The summed E-state index contributed by atoms with van der Waals surface area (Å²) in [6.45, 7) is 9.04. The van der Waals surface area contributed by atoms with Crippen LogP contribution < -0.4 is 0 Å². The van der Waals surface area contributed by atoms with E-state index in [1.165, 1.54) is 96.8 Å². The molecule has 0 aliphatic heterocycles. The Bertz CT molecular complexity index is 360. The molecule has 0 aromatic rings. The third-order valence-corrected chi connectivity index (χ3v) is 5.65. The van der Waals surface area contributed by atoms with Crippen LogP contribution in [0.4, 0.5) is 0 Å². The second-order valence-electron chi connectivity index (χ2n) is 8.92. The lowest BCUT2D eigenvalue weighted by Crippen LogP contribution is -2.33. The lowest BCUT2D eigenvalue weighted by atomic mass is 9.90. The van der Waals surface area contributed by atoms with E-state index in [-0.39, 0.29) is 12.2 Å². The van der Waals surface area contributed by atoms with E-state index in [2.05, 4.69) is 20.4 Å². The van der Waals surface area contributed by atoms with Gasteiger partial charge in [-0.3, -0.25) is 0 Å². The van der Waals surface area contributed by atoms with Gasteiger partial charge in [0.15, 0.2) is 0 Å². The number of aliphatic hydroxyl groups excluding tert-OH is 1. The molecule has 0 radical (unpaired) electrons. The van der Waals surface area contributed by atoms with Crippen molar-refractivity contribution in [2.75, 3.05) is 6.61 Å². The van der Waals surface area contributed by atoms with Gasteiger partial charge in [0.1, 0.15) is 0 Å². The first-order valence-corrected chi connectivity index (χ1v) is 12.5. The third-order valence-electron chi connectivity index (χ3n) is 5.65. The molecule has 0 aliphatic rings. The van der Waals surface area contributed by atoms with Gasteiger partial charge in [-0.15, -0.1) is 0 Å². The lowest BCUT2D eigenvalue weighted by Gasteiger charge is -2.26. The SMILES string of the molecule is C=C(C)C(=O)O.CCCCCCCCCCC(O)(CO)CCCCCCCCCC. The molecular weight excluding hydrogens is 376 g/mol. The zero-order chi connectivity index (χ0) is 23.1. The van der Waals surface area contributed by atoms with Gasteiger partial charge in [-0.2, -0.15) is 0 Å². The van der Waals surface area contributed by atoms with Crippen LogP contribution in [0.15, 0.2) is 12.2 Å². The molecule has 180 valence electrons. The average molecular weight is 429 g/mol. The van der Waals surface area contributed by atoms with E-state index < -0.39 is 11.6 Å². The Hall–Kier alpha value is -0.870. The van der Waals surface area contributed by atoms with E-state index in [4.69, 9.17) is 5.11 Å². The topological polar surface area (TPSA) is 77.8 Å². The van der Waals surface area contributed by atoms with Gasteiger partial charge in [-0.1, -0.05) is 123 Å². The van der Waals surface area contributed by atoms with Crippen molar-refractivity contribution in [3.05, 3.63) is 12.2 Å². The number of carboxylic acids is 1. The molecule has 0 heterocycles. The van der Waals surface area contributed by atoms with E-state index in [0.717, 1.165) is 25.7 Å². The van der Waals surface area contributed by atoms with Gasteiger partial charge >= 0.3 is 5.97 Å². The summed E-state index contributed by atoms with van der Waals surface area (Å²) in [5.41, 5.74) is -0.639. The van der Waals surface area contributed by atoms with Gasteiger partial charge in [0, 0.05) is 5.57 Å². The van der Waals surface area contributed by atoms with Gasteiger partial charge in [0.05, 0.1) is 12.2 Å². The van der Waals surface area contributed by atoms with Crippen molar-refractivity contribution in [3.8, 4) is 0 Å². The van der Waals surface area contributed by atoms with Crippen LogP contribution in [0.3, 0.4) is 0 Å². The highest BCUT2D eigenvalue weighted by molar-refractivity contribution is 5.84. The number of rotatable bonds is 20. The Morgan fingerprint density at radius 1 is 0.700 bits per heavy atom. The Morgan fingerprint density at radius 3 is 1.20 bits per heavy atom. The maximum Gasteiger partial charge on any atom is 0.330 e. The minimum Gasteiger partial charge on any atom is -0.478 e. The van der Waals surface area contributed by atoms with Gasteiger partial charge in [-0.25, -0.2) is 4.79 Å². The molecule has 0 spiro atoms. The van der Waals surface area contributed by atoms with Crippen LogP contribution in [0.2, 0.25) is 0 Å². The maximum atomic E-state index is 10.5. The minimum atomic E-state index is -0.935. The van der Waals surface area contributed by atoms with Crippen molar-refractivity contribution in [2.45, 2.75) is 142 Å². The fourth-order valence-electron chi connectivity index (χ4n) is 3.46. The van der Waals surface area contributed by atoms with Crippen LogP contribution in [0.25, 0.3) is 0 Å². The van der Waals surface area contributed by atoms with Crippen molar-refractivity contribution in [2.24, 2.45) is 0 Å². The number of carboxylic acid groups (broad SMARTS) is 1. The van der Waals surface area contributed by atoms with Gasteiger partial charge < -0.3 is 15.3 Å². The number of unbranched alkanes of at least 4 members (excludes halogenated alkanes) is 14. The Balaban J connectivity index is 0. The first-order chi connectivity index (χ1) is 14.3. The summed E-state index contributed by atoms with van der Waals surface area (Å²) < 4.78 is 0. The normalized spacial score (nSPS) is 11.1. The molecule has 0 aliphatic carbocycles. The molecular formula is C26H52O4. The molecule has 0 fully saturated rings. The van der Waals surface area contributed by atoms with Crippen molar-refractivity contribution in [1.82, 2.24) is 0 Å². The van der Waals surface area contributed by atoms with Crippen LogP contribution in [0.5, 0.6) is 0 Å². The predicted octanol–water partition coefficient (Wildman–Crippen LogP) is 7.42. The van der Waals surface area contributed by atoms with Crippen molar-refractivity contribution >= 4 is 5.97 Å². The molecule has 0 rings (SSSR count). The Kier molecular flexibility index (Phi) is 23.8. The zero-order valence-electron chi connectivity index (χ0n) is 20.4. The van der Waals surface area contributed by atoms with E-state index in [1.54, 1.807) is 0 Å². The van der Waals surface area contributed by atoms with Crippen LogP contribution in [-0.2, 0) is 4.79 Å². The molecule has 0 saturated carbocycles. The van der Waals surface area contributed by atoms with Crippen LogP contribution >= 0.6 is 0 Å². The van der Waals surface area contributed by atoms with Crippen molar-refractivity contribution in [1.29, 1.82) is 0 Å². The molecule has 3 N–H and O–H groups in total. The highest BCUT2D eigenvalue weighted by atomic mass is 16.4. The number of hydrogen-bond donors (Lipinski definition) is 3. The zero-order valence-corrected chi connectivity index (χ0v) is 20.4. The molecule has 0 atom stereocenters. The van der Waals surface area contributed by atoms with E-state index in [0.29, 0.717) is 0 Å².